The summed E-state index contributed by atoms with van der Waals surface area (Å²) in [5.74, 6) is 3.31. The van der Waals surface area contributed by atoms with Crippen molar-refractivity contribution >= 4 is 11.4 Å². The van der Waals surface area contributed by atoms with Crippen LogP contribution in [0, 0.1) is 12.3 Å². The molecule has 0 spiro atoms. The topological polar surface area (TPSA) is 24.5 Å². The Hall–Kier alpha value is -2.60. The van der Waals surface area contributed by atoms with E-state index in [0.29, 0.717) is 6.54 Å². The Kier molecular flexibility index (Phi) is 5.11. The summed E-state index contributed by atoms with van der Waals surface area (Å²) in [6, 6.07) is 16.2. The molecular weight excluding hydrogens is 260 g/mol. The average Bonchev–Trinajstić information content (AvgIpc) is 2.52. The maximum Gasteiger partial charge on any atom is 0.148 e. The Labute approximate surface area is 126 Å². The predicted molar refractivity (Wildman–Crippen MR) is 88.9 cm³/mol. The number of hydrogen-bond donors (Lipinski definition) is 1. The van der Waals surface area contributed by atoms with Crippen molar-refractivity contribution in [3.8, 4) is 18.1 Å². The second kappa shape index (κ2) is 7.25. The summed E-state index contributed by atoms with van der Waals surface area (Å²) in [5.41, 5.74) is 3.33. The highest BCUT2D eigenvalue weighted by Gasteiger charge is 2.03. The van der Waals surface area contributed by atoms with Crippen LogP contribution in [0.2, 0.25) is 0 Å². The van der Waals surface area contributed by atoms with Gasteiger partial charge in [-0.15, -0.1) is 6.42 Å². The van der Waals surface area contributed by atoms with E-state index in [2.05, 4.69) is 34.3 Å². The monoisotopic (exact) mass is 280 g/mol. The van der Waals surface area contributed by atoms with Gasteiger partial charge in [0, 0.05) is 37.6 Å². The van der Waals surface area contributed by atoms with E-state index in [4.69, 9.17) is 11.2 Å². The van der Waals surface area contributed by atoms with Crippen LogP contribution in [0.4, 0.5) is 11.4 Å². The maximum absolute atomic E-state index is 5.55. The van der Waals surface area contributed by atoms with Crippen LogP contribution in [0.15, 0.2) is 48.5 Å². The molecule has 0 radical (unpaired) electrons. The summed E-state index contributed by atoms with van der Waals surface area (Å²) in [6.45, 7) is 0.977. The first-order valence-electron chi connectivity index (χ1n) is 6.86. The standard InChI is InChI=1S/C18H20N2O/c1-4-12-21-18-11-6-5-8-15(18)14-19-16-9-7-10-17(13-16)20(2)3/h1,5-11,13,19H,12,14H2,2-3H3. The molecule has 0 saturated carbocycles. The van der Waals surface area contributed by atoms with E-state index in [-0.39, 0.29) is 6.61 Å². The molecule has 0 bridgehead atoms. The van der Waals surface area contributed by atoms with E-state index in [1.165, 1.54) is 0 Å². The molecule has 0 amide bonds. The summed E-state index contributed by atoms with van der Waals surface area (Å²) in [5, 5.41) is 3.41. The van der Waals surface area contributed by atoms with Gasteiger partial charge in [0.05, 0.1) is 0 Å². The molecule has 0 heterocycles. The molecule has 1 N–H and O–H groups in total. The van der Waals surface area contributed by atoms with Gasteiger partial charge in [-0.1, -0.05) is 30.2 Å². The van der Waals surface area contributed by atoms with Crippen LogP contribution in [-0.2, 0) is 6.54 Å². The molecule has 0 fully saturated rings. The van der Waals surface area contributed by atoms with Crippen LogP contribution in [0.3, 0.4) is 0 Å². The molecule has 0 aliphatic carbocycles. The number of rotatable bonds is 6. The van der Waals surface area contributed by atoms with Crippen LogP contribution >= 0.6 is 0 Å². The lowest BCUT2D eigenvalue weighted by Gasteiger charge is -2.15. The zero-order chi connectivity index (χ0) is 15.1. The lowest BCUT2D eigenvalue weighted by atomic mass is 10.2. The number of nitrogens with zero attached hydrogens (tertiary/aromatic N) is 1. The summed E-state index contributed by atoms with van der Waals surface area (Å²) in [6.07, 6.45) is 5.24. The normalized spacial score (nSPS) is 9.76. The van der Waals surface area contributed by atoms with Crippen molar-refractivity contribution in [2.45, 2.75) is 6.54 Å². The number of ether oxygens (including phenoxy) is 1. The van der Waals surface area contributed by atoms with Gasteiger partial charge in [0.1, 0.15) is 12.4 Å². The molecule has 0 aromatic heterocycles. The number of hydrogen-bond acceptors (Lipinski definition) is 3. The van der Waals surface area contributed by atoms with Crippen LogP contribution in [0.1, 0.15) is 5.56 Å². The third kappa shape index (κ3) is 4.19. The van der Waals surface area contributed by atoms with Crippen LogP contribution in [0.25, 0.3) is 0 Å². The van der Waals surface area contributed by atoms with E-state index in [1.54, 1.807) is 0 Å². The van der Waals surface area contributed by atoms with Gasteiger partial charge in [-0.25, -0.2) is 0 Å². The first-order chi connectivity index (χ1) is 10.2. The summed E-state index contributed by atoms with van der Waals surface area (Å²) in [4.78, 5) is 2.08. The van der Waals surface area contributed by atoms with Crippen molar-refractivity contribution in [1.29, 1.82) is 0 Å². The minimum absolute atomic E-state index is 0.285. The third-order valence-corrected chi connectivity index (χ3v) is 3.13. The molecule has 2 rings (SSSR count). The quantitative estimate of drug-likeness (QED) is 0.821. The van der Waals surface area contributed by atoms with Gasteiger partial charge in [-0.3, -0.25) is 0 Å². The Morgan fingerprint density at radius 1 is 1.14 bits per heavy atom. The number of terminal acetylenes is 1. The first kappa shape index (κ1) is 14.8. The van der Waals surface area contributed by atoms with Gasteiger partial charge in [0.2, 0.25) is 0 Å². The Bertz CT molecular complexity index is 629. The lowest BCUT2D eigenvalue weighted by molar-refractivity contribution is 0.366. The van der Waals surface area contributed by atoms with Gasteiger partial charge < -0.3 is 15.0 Å². The van der Waals surface area contributed by atoms with Gasteiger partial charge in [0.25, 0.3) is 0 Å². The highest BCUT2D eigenvalue weighted by Crippen LogP contribution is 2.21. The predicted octanol–water partition coefficient (Wildman–Crippen LogP) is 3.38. The molecule has 0 atom stereocenters. The van der Waals surface area contributed by atoms with Crippen molar-refractivity contribution in [2.24, 2.45) is 0 Å². The van der Waals surface area contributed by atoms with Gasteiger partial charge in [-0.05, 0) is 24.3 Å². The Balaban J connectivity index is 2.06. The van der Waals surface area contributed by atoms with Crippen LogP contribution < -0.4 is 15.0 Å². The summed E-state index contributed by atoms with van der Waals surface area (Å²) >= 11 is 0. The Morgan fingerprint density at radius 2 is 1.95 bits per heavy atom. The molecular formula is C18H20N2O. The molecule has 108 valence electrons. The lowest BCUT2D eigenvalue weighted by Crippen LogP contribution is -2.09. The van der Waals surface area contributed by atoms with Crippen LogP contribution in [0.5, 0.6) is 5.75 Å². The molecule has 21 heavy (non-hydrogen) atoms. The smallest absolute Gasteiger partial charge is 0.148 e. The van der Waals surface area contributed by atoms with Crippen LogP contribution in [-0.4, -0.2) is 20.7 Å². The van der Waals surface area contributed by atoms with Crippen molar-refractivity contribution in [3.05, 3.63) is 54.1 Å². The molecule has 3 nitrogen and oxygen atoms in total. The SMILES string of the molecule is C#CCOc1ccccc1CNc1cccc(N(C)C)c1. The van der Waals surface area contributed by atoms with E-state index >= 15 is 0 Å². The fourth-order valence-corrected chi connectivity index (χ4v) is 2.00. The van der Waals surface area contributed by atoms with E-state index < -0.39 is 0 Å². The second-order valence-corrected chi connectivity index (χ2v) is 4.90. The fraction of sp³-hybridized carbons (Fsp3) is 0.222. The first-order valence-corrected chi connectivity index (χ1v) is 6.86. The molecule has 2 aromatic rings. The number of para-hydroxylation sites is 1. The largest absolute Gasteiger partial charge is 0.481 e. The number of benzene rings is 2. The number of anilines is 2. The van der Waals surface area contributed by atoms with E-state index in [1.807, 2.05) is 44.4 Å². The zero-order valence-electron chi connectivity index (χ0n) is 12.5. The average molecular weight is 280 g/mol. The van der Waals surface area contributed by atoms with E-state index in [9.17, 15) is 0 Å². The van der Waals surface area contributed by atoms with Crippen molar-refractivity contribution < 1.29 is 4.74 Å². The van der Waals surface area contributed by atoms with E-state index in [0.717, 1.165) is 22.7 Å². The Morgan fingerprint density at radius 3 is 2.71 bits per heavy atom. The highest BCUT2D eigenvalue weighted by molar-refractivity contribution is 5.57. The summed E-state index contributed by atoms with van der Waals surface area (Å²) < 4.78 is 5.55. The molecule has 2 aromatic carbocycles. The molecule has 3 heteroatoms. The molecule has 0 aliphatic heterocycles. The van der Waals surface area contributed by atoms with Gasteiger partial charge in [0.15, 0.2) is 0 Å². The van der Waals surface area contributed by atoms with Gasteiger partial charge >= 0.3 is 0 Å². The fourth-order valence-electron chi connectivity index (χ4n) is 2.00. The highest BCUT2D eigenvalue weighted by atomic mass is 16.5. The maximum atomic E-state index is 5.55. The molecule has 0 unspecified atom stereocenters. The van der Waals surface area contributed by atoms with Crippen molar-refractivity contribution in [1.82, 2.24) is 0 Å². The molecule has 0 aliphatic rings. The van der Waals surface area contributed by atoms with Gasteiger partial charge in [-0.2, -0.15) is 0 Å². The summed E-state index contributed by atoms with van der Waals surface area (Å²) in [7, 11) is 4.06. The zero-order valence-corrected chi connectivity index (χ0v) is 12.5. The van der Waals surface area contributed by atoms with Crippen molar-refractivity contribution in [2.75, 3.05) is 30.9 Å². The minimum Gasteiger partial charge on any atom is -0.481 e. The van der Waals surface area contributed by atoms with Crippen molar-refractivity contribution in [3.63, 3.8) is 0 Å². The number of nitrogens with one attached hydrogen (secondary N) is 1. The molecule has 0 saturated heterocycles. The third-order valence-electron chi connectivity index (χ3n) is 3.13. The minimum atomic E-state index is 0.285. The second-order valence-electron chi connectivity index (χ2n) is 4.90.